The van der Waals surface area contributed by atoms with E-state index in [0.29, 0.717) is 17.7 Å². The second-order valence-electron chi connectivity index (χ2n) is 8.38. The predicted octanol–water partition coefficient (Wildman–Crippen LogP) is 3.60. The van der Waals surface area contributed by atoms with E-state index in [2.05, 4.69) is 40.2 Å². The fourth-order valence-electron chi connectivity index (χ4n) is 4.13. The van der Waals surface area contributed by atoms with Crippen molar-refractivity contribution in [2.45, 2.75) is 63.8 Å². The maximum atomic E-state index is 12.8. The molecule has 2 aromatic carbocycles. The van der Waals surface area contributed by atoms with Crippen LogP contribution in [0.1, 0.15) is 43.7 Å². The van der Waals surface area contributed by atoms with E-state index in [1.165, 1.54) is 18.4 Å². The van der Waals surface area contributed by atoms with E-state index in [9.17, 15) is 4.79 Å². The molecule has 31 heavy (non-hydrogen) atoms. The van der Waals surface area contributed by atoms with Gasteiger partial charge in [-0.3, -0.25) is 4.79 Å². The fourth-order valence-corrected chi connectivity index (χ4v) is 4.46. The zero-order chi connectivity index (χ0) is 22.1. The quantitative estimate of drug-likeness (QED) is 0.550. The summed E-state index contributed by atoms with van der Waals surface area (Å²) in [6.45, 7) is 3.30. The van der Waals surface area contributed by atoms with Crippen LogP contribution in [0.2, 0.25) is 0 Å². The first kappa shape index (κ1) is 23.2. The van der Waals surface area contributed by atoms with Gasteiger partial charge in [0.2, 0.25) is 5.91 Å². The number of nitrogens with zero attached hydrogens (tertiary/aromatic N) is 1. The fraction of sp³-hybridized carbons (Fsp3) is 0.440. The first-order chi connectivity index (χ1) is 15.0. The first-order valence-corrected chi connectivity index (χ1v) is 11.6. The number of likely N-dealkylation sites (N-methyl/N-ethyl adjacent to an activating group) is 1. The van der Waals surface area contributed by atoms with Crippen LogP contribution < -0.4 is 16.0 Å². The molecule has 2 aromatic rings. The molecule has 1 fully saturated rings. The molecule has 0 radical (unpaired) electrons. The lowest BCUT2D eigenvalue weighted by atomic mass is 9.90. The molecule has 6 heteroatoms. The summed E-state index contributed by atoms with van der Waals surface area (Å²) in [5.41, 5.74) is 2.40. The topological polar surface area (TPSA) is 56.4 Å². The molecule has 166 valence electrons. The number of nitrogens with one attached hydrogen (secondary N) is 3. The van der Waals surface area contributed by atoms with E-state index in [4.69, 9.17) is 12.2 Å². The highest BCUT2D eigenvalue weighted by Crippen LogP contribution is 2.19. The minimum atomic E-state index is -0.381. The Balaban J connectivity index is 1.47. The van der Waals surface area contributed by atoms with Gasteiger partial charge in [0.25, 0.3) is 0 Å². The van der Waals surface area contributed by atoms with Crippen molar-refractivity contribution in [1.82, 2.24) is 20.9 Å². The first-order valence-electron chi connectivity index (χ1n) is 11.2. The molecule has 3 atom stereocenters. The molecular formula is C25H34N4OS. The third-order valence-electron chi connectivity index (χ3n) is 5.85. The summed E-state index contributed by atoms with van der Waals surface area (Å²) in [4.78, 5) is 14.5. The lowest BCUT2D eigenvalue weighted by Crippen LogP contribution is -2.56. The van der Waals surface area contributed by atoms with Gasteiger partial charge in [-0.05, 0) is 43.1 Å². The largest absolute Gasteiger partial charge is 0.358 e. The average Bonchev–Trinajstić information content (AvgIpc) is 2.79. The molecule has 5 nitrogen and oxygen atoms in total. The zero-order valence-corrected chi connectivity index (χ0v) is 19.3. The highest BCUT2D eigenvalue weighted by molar-refractivity contribution is 7.80. The second-order valence-corrected chi connectivity index (χ2v) is 8.79. The normalized spacial score (nSPS) is 19.3. The number of rotatable bonds is 8. The number of hydrogen-bond donors (Lipinski definition) is 3. The Morgan fingerprint density at radius 2 is 1.58 bits per heavy atom. The minimum Gasteiger partial charge on any atom is -0.358 e. The Kier molecular flexibility index (Phi) is 8.85. The Hall–Kier alpha value is -2.44. The van der Waals surface area contributed by atoms with Crippen LogP contribution in [-0.2, 0) is 17.9 Å². The van der Waals surface area contributed by atoms with Crippen molar-refractivity contribution in [1.29, 1.82) is 0 Å². The lowest BCUT2D eigenvalue weighted by molar-refractivity contribution is -0.131. The van der Waals surface area contributed by atoms with E-state index in [1.54, 1.807) is 4.90 Å². The number of carbonyl (C=O) groups is 1. The van der Waals surface area contributed by atoms with Gasteiger partial charge in [0.15, 0.2) is 5.11 Å². The standard InChI is InChI=1S/C25H34N4OS/c1-19(24(30)29(2)18-21-13-7-4-8-14-21)27-25(31)28-23-16-10-9-15-22(23)26-17-20-11-5-3-6-12-20/h3-8,11-14,19,22-23,26H,9-10,15-18H2,1-2H3,(H2,27,28,31)/t19-,22-,23-/m0/s1. The predicted molar refractivity (Wildman–Crippen MR) is 131 cm³/mol. The van der Waals surface area contributed by atoms with Crippen molar-refractivity contribution >= 4 is 23.2 Å². The van der Waals surface area contributed by atoms with Crippen molar-refractivity contribution in [3.8, 4) is 0 Å². The average molecular weight is 439 g/mol. The van der Waals surface area contributed by atoms with Gasteiger partial charge in [0.05, 0.1) is 0 Å². The monoisotopic (exact) mass is 438 g/mol. The van der Waals surface area contributed by atoms with Gasteiger partial charge >= 0.3 is 0 Å². The summed E-state index contributed by atoms with van der Waals surface area (Å²) < 4.78 is 0. The van der Waals surface area contributed by atoms with Crippen LogP contribution in [0.4, 0.5) is 0 Å². The third kappa shape index (κ3) is 7.33. The van der Waals surface area contributed by atoms with Crippen molar-refractivity contribution in [2.75, 3.05) is 7.05 Å². The molecule has 0 aromatic heterocycles. The number of carbonyl (C=O) groups excluding carboxylic acids is 1. The van der Waals surface area contributed by atoms with E-state index >= 15 is 0 Å². The molecule has 1 amide bonds. The Bertz CT molecular complexity index is 830. The van der Waals surface area contributed by atoms with E-state index in [-0.39, 0.29) is 18.0 Å². The van der Waals surface area contributed by atoms with Gasteiger partial charge in [-0.2, -0.15) is 0 Å². The lowest BCUT2D eigenvalue weighted by Gasteiger charge is -2.34. The van der Waals surface area contributed by atoms with Crippen molar-refractivity contribution < 1.29 is 4.79 Å². The van der Waals surface area contributed by atoms with Gasteiger partial charge in [-0.15, -0.1) is 0 Å². The van der Waals surface area contributed by atoms with E-state index in [0.717, 1.165) is 24.9 Å². The molecule has 0 bridgehead atoms. The molecule has 3 N–H and O–H groups in total. The van der Waals surface area contributed by atoms with Gasteiger partial charge in [0.1, 0.15) is 6.04 Å². The molecule has 0 unspecified atom stereocenters. The summed E-state index contributed by atoms with van der Waals surface area (Å²) in [6, 6.07) is 20.7. The number of thiocarbonyl (C=S) groups is 1. The van der Waals surface area contributed by atoms with Crippen LogP contribution in [0.15, 0.2) is 60.7 Å². The molecule has 0 spiro atoms. The Morgan fingerprint density at radius 1 is 1.00 bits per heavy atom. The second kappa shape index (κ2) is 11.8. The van der Waals surface area contributed by atoms with Crippen LogP contribution in [0.5, 0.6) is 0 Å². The van der Waals surface area contributed by atoms with Gasteiger partial charge < -0.3 is 20.9 Å². The smallest absolute Gasteiger partial charge is 0.244 e. The number of hydrogen-bond acceptors (Lipinski definition) is 3. The Morgan fingerprint density at radius 3 is 2.23 bits per heavy atom. The Labute approximate surface area is 191 Å². The summed E-state index contributed by atoms with van der Waals surface area (Å²) >= 11 is 5.56. The summed E-state index contributed by atoms with van der Waals surface area (Å²) in [7, 11) is 1.83. The molecule has 1 aliphatic carbocycles. The van der Waals surface area contributed by atoms with Crippen LogP contribution in [0, 0.1) is 0 Å². The van der Waals surface area contributed by atoms with Crippen molar-refractivity contribution in [3.63, 3.8) is 0 Å². The summed E-state index contributed by atoms with van der Waals surface area (Å²) in [6.07, 6.45) is 4.62. The van der Waals surface area contributed by atoms with Gasteiger partial charge in [-0.1, -0.05) is 73.5 Å². The van der Waals surface area contributed by atoms with Crippen LogP contribution in [0.25, 0.3) is 0 Å². The molecule has 0 saturated heterocycles. The maximum Gasteiger partial charge on any atom is 0.244 e. The molecule has 3 rings (SSSR count). The molecule has 1 saturated carbocycles. The van der Waals surface area contributed by atoms with E-state index < -0.39 is 0 Å². The highest BCUT2D eigenvalue weighted by atomic mass is 32.1. The molecule has 1 aliphatic rings. The third-order valence-corrected chi connectivity index (χ3v) is 6.09. The van der Waals surface area contributed by atoms with Crippen LogP contribution >= 0.6 is 12.2 Å². The van der Waals surface area contributed by atoms with Gasteiger partial charge in [-0.25, -0.2) is 0 Å². The van der Waals surface area contributed by atoms with E-state index in [1.807, 2.05) is 50.4 Å². The maximum absolute atomic E-state index is 12.8. The zero-order valence-electron chi connectivity index (χ0n) is 18.5. The SMILES string of the molecule is C[C@H](NC(=S)N[C@H]1CCCC[C@@H]1NCc1ccccc1)C(=O)N(C)Cc1ccccc1. The number of benzene rings is 2. The molecule has 0 heterocycles. The van der Waals surface area contributed by atoms with Crippen molar-refractivity contribution in [3.05, 3.63) is 71.8 Å². The van der Waals surface area contributed by atoms with Crippen LogP contribution in [0.3, 0.4) is 0 Å². The van der Waals surface area contributed by atoms with Crippen LogP contribution in [-0.4, -0.2) is 41.1 Å². The summed E-state index contributed by atoms with van der Waals surface area (Å²) in [5, 5.41) is 10.9. The molecule has 0 aliphatic heterocycles. The van der Waals surface area contributed by atoms with Gasteiger partial charge in [0, 0.05) is 32.2 Å². The molecular weight excluding hydrogens is 404 g/mol. The van der Waals surface area contributed by atoms with Crippen molar-refractivity contribution in [2.24, 2.45) is 0 Å². The number of amides is 1. The summed E-state index contributed by atoms with van der Waals surface area (Å²) in [5.74, 6) is 0.0235. The highest BCUT2D eigenvalue weighted by Gasteiger charge is 2.26. The minimum absolute atomic E-state index is 0.0235.